The van der Waals surface area contributed by atoms with E-state index >= 15 is 0 Å². The van der Waals surface area contributed by atoms with Crippen molar-refractivity contribution in [2.24, 2.45) is 0 Å². The molecule has 0 aliphatic rings. The van der Waals surface area contributed by atoms with Crippen LogP contribution in [-0.4, -0.2) is 29.6 Å². The summed E-state index contributed by atoms with van der Waals surface area (Å²) < 4.78 is 20.4. The summed E-state index contributed by atoms with van der Waals surface area (Å²) in [6.45, 7) is 4.29. The molecule has 0 radical (unpaired) electrons. The molecule has 0 aliphatic heterocycles. The first-order valence-corrected chi connectivity index (χ1v) is 15.6. The van der Waals surface area contributed by atoms with Crippen LogP contribution in [0.4, 0.5) is 15.8 Å². The van der Waals surface area contributed by atoms with E-state index in [1.807, 2.05) is 19.9 Å². The molecule has 7 nitrogen and oxygen atoms in total. The Labute approximate surface area is 268 Å². The molecular weight excluding hydrogens is 645 g/mol. The van der Waals surface area contributed by atoms with Gasteiger partial charge in [-0.2, -0.15) is 0 Å². The van der Waals surface area contributed by atoms with Gasteiger partial charge in [-0.25, -0.2) is 4.39 Å². The first-order chi connectivity index (χ1) is 21.2. The monoisotopic (exact) mass is 675 g/mol. The zero-order chi connectivity index (χ0) is 31.5. The number of hydrogen-bond donors (Lipinski definition) is 3. The Bertz CT molecular complexity index is 1650. The molecule has 0 heterocycles. The Morgan fingerprint density at radius 1 is 0.909 bits per heavy atom. The molecule has 1 atom stereocenters. The topological polar surface area (TPSA) is 96.5 Å². The second kappa shape index (κ2) is 15.9. The Morgan fingerprint density at radius 3 is 2.34 bits per heavy atom. The molecule has 44 heavy (non-hydrogen) atoms. The predicted octanol–water partition coefficient (Wildman–Crippen LogP) is 7.91. The van der Waals surface area contributed by atoms with E-state index < -0.39 is 22.9 Å². The third-order valence-corrected chi connectivity index (χ3v) is 8.10. The molecule has 10 heteroatoms. The van der Waals surface area contributed by atoms with Gasteiger partial charge < -0.3 is 20.7 Å². The first kappa shape index (κ1) is 32.5. The Balaban J connectivity index is 1.50. The van der Waals surface area contributed by atoms with E-state index in [1.165, 1.54) is 23.9 Å². The molecule has 0 saturated heterocycles. The van der Waals surface area contributed by atoms with Crippen molar-refractivity contribution in [3.63, 3.8) is 0 Å². The average molecular weight is 677 g/mol. The Morgan fingerprint density at radius 2 is 1.66 bits per heavy atom. The lowest BCUT2D eigenvalue weighted by atomic mass is 10.1. The SMILES string of the molecule is CCOc1ccc(/C=C(/NC(=O)c2ccccc2)C(=O)Nc2cccc(SC(CC)C(=O)Nc3ccc(Br)cc3F)c2)cc1. The van der Waals surface area contributed by atoms with Gasteiger partial charge in [0.25, 0.3) is 11.8 Å². The van der Waals surface area contributed by atoms with Crippen LogP contribution in [0.3, 0.4) is 0 Å². The minimum atomic E-state index is -0.536. The summed E-state index contributed by atoms with van der Waals surface area (Å²) in [6, 6.07) is 27.3. The highest BCUT2D eigenvalue weighted by Gasteiger charge is 2.20. The van der Waals surface area contributed by atoms with Crippen LogP contribution in [0, 0.1) is 5.82 Å². The molecule has 3 N–H and O–H groups in total. The van der Waals surface area contributed by atoms with Crippen molar-refractivity contribution in [3.05, 3.63) is 124 Å². The second-order valence-electron chi connectivity index (χ2n) is 9.49. The molecule has 226 valence electrons. The molecule has 4 rings (SSSR count). The number of amides is 3. The van der Waals surface area contributed by atoms with E-state index in [0.29, 0.717) is 40.1 Å². The van der Waals surface area contributed by atoms with Gasteiger partial charge in [0.2, 0.25) is 5.91 Å². The largest absolute Gasteiger partial charge is 0.494 e. The second-order valence-corrected chi connectivity index (χ2v) is 11.7. The minimum Gasteiger partial charge on any atom is -0.494 e. The molecule has 4 aromatic rings. The first-order valence-electron chi connectivity index (χ1n) is 13.9. The minimum absolute atomic E-state index is 0.0448. The van der Waals surface area contributed by atoms with Crippen LogP contribution in [0.15, 0.2) is 112 Å². The van der Waals surface area contributed by atoms with Gasteiger partial charge >= 0.3 is 0 Å². The predicted molar refractivity (Wildman–Crippen MR) is 177 cm³/mol. The maximum atomic E-state index is 14.3. The van der Waals surface area contributed by atoms with Gasteiger partial charge in [-0.3, -0.25) is 14.4 Å². The molecule has 4 aromatic carbocycles. The third-order valence-electron chi connectivity index (χ3n) is 6.25. The summed E-state index contributed by atoms with van der Waals surface area (Å²) in [5.41, 5.74) is 1.71. The Hall–Kier alpha value is -4.41. The number of rotatable bonds is 12. The van der Waals surface area contributed by atoms with E-state index in [1.54, 1.807) is 84.9 Å². The molecule has 0 saturated carbocycles. The number of carbonyl (C=O) groups is 3. The quantitative estimate of drug-likeness (QED) is 0.105. The maximum absolute atomic E-state index is 14.3. The van der Waals surface area contributed by atoms with Crippen LogP contribution in [-0.2, 0) is 9.59 Å². The number of anilines is 2. The highest BCUT2D eigenvalue weighted by Crippen LogP contribution is 2.29. The average Bonchev–Trinajstić information content (AvgIpc) is 3.02. The Kier molecular flexibility index (Phi) is 11.7. The van der Waals surface area contributed by atoms with E-state index in [0.717, 1.165) is 4.90 Å². The fraction of sp³-hybridized carbons (Fsp3) is 0.147. The number of carbonyl (C=O) groups excluding carboxylic acids is 3. The highest BCUT2D eigenvalue weighted by atomic mass is 79.9. The smallest absolute Gasteiger partial charge is 0.272 e. The summed E-state index contributed by atoms with van der Waals surface area (Å²) in [4.78, 5) is 40.1. The van der Waals surface area contributed by atoms with Gasteiger partial charge in [-0.05, 0) is 85.6 Å². The number of ether oxygens (including phenoxy) is 1. The maximum Gasteiger partial charge on any atom is 0.272 e. The van der Waals surface area contributed by atoms with Crippen LogP contribution in [0.5, 0.6) is 5.75 Å². The van der Waals surface area contributed by atoms with Crippen molar-refractivity contribution < 1.29 is 23.5 Å². The fourth-order valence-electron chi connectivity index (χ4n) is 4.07. The standard InChI is InChI=1S/C34H31BrFN3O4S/c1-3-31(34(42)38-29-18-15-24(35)20-28(29)36)44-27-12-8-11-25(21-27)37-33(41)30(39-32(40)23-9-6-5-7-10-23)19-22-13-16-26(17-14-22)43-4-2/h5-21,31H,3-4H2,1-2H3,(H,37,41)(H,38,42)(H,39,40)/b30-19+. The normalized spacial score (nSPS) is 11.8. The van der Waals surface area contributed by atoms with Gasteiger partial charge in [0.1, 0.15) is 17.3 Å². The number of hydrogen-bond acceptors (Lipinski definition) is 5. The number of halogens is 2. The zero-order valence-corrected chi connectivity index (χ0v) is 26.5. The number of nitrogens with one attached hydrogen (secondary N) is 3. The molecule has 1 unspecified atom stereocenters. The highest BCUT2D eigenvalue weighted by molar-refractivity contribution is 9.10. The van der Waals surface area contributed by atoms with Crippen molar-refractivity contribution >= 4 is 62.9 Å². The summed E-state index contributed by atoms with van der Waals surface area (Å²) in [6.07, 6.45) is 2.08. The van der Waals surface area contributed by atoms with Crippen LogP contribution in [0.2, 0.25) is 0 Å². The van der Waals surface area contributed by atoms with Crippen molar-refractivity contribution in [1.29, 1.82) is 0 Å². The number of benzene rings is 4. The molecule has 0 spiro atoms. The van der Waals surface area contributed by atoms with Gasteiger partial charge in [0.05, 0.1) is 17.5 Å². The summed E-state index contributed by atoms with van der Waals surface area (Å²) >= 11 is 4.51. The zero-order valence-electron chi connectivity index (χ0n) is 24.1. The van der Waals surface area contributed by atoms with Crippen molar-refractivity contribution in [1.82, 2.24) is 5.32 Å². The van der Waals surface area contributed by atoms with E-state index in [4.69, 9.17) is 4.74 Å². The van der Waals surface area contributed by atoms with Gasteiger partial charge in [0, 0.05) is 20.6 Å². The summed E-state index contributed by atoms with van der Waals surface area (Å²) in [5, 5.41) is 7.73. The van der Waals surface area contributed by atoms with Gasteiger partial charge in [-0.15, -0.1) is 11.8 Å². The van der Waals surface area contributed by atoms with Crippen LogP contribution < -0.4 is 20.7 Å². The molecule has 0 aromatic heterocycles. The molecule has 3 amide bonds. The molecule has 0 aliphatic carbocycles. The lowest BCUT2D eigenvalue weighted by molar-refractivity contribution is -0.116. The van der Waals surface area contributed by atoms with Crippen LogP contribution in [0.1, 0.15) is 36.2 Å². The van der Waals surface area contributed by atoms with E-state index in [2.05, 4.69) is 31.9 Å². The summed E-state index contributed by atoms with van der Waals surface area (Å²) in [7, 11) is 0. The van der Waals surface area contributed by atoms with Crippen molar-refractivity contribution in [3.8, 4) is 5.75 Å². The summed E-state index contributed by atoms with van der Waals surface area (Å²) in [5.74, 6) is -1.13. The van der Waals surface area contributed by atoms with Gasteiger partial charge in [0.15, 0.2) is 0 Å². The van der Waals surface area contributed by atoms with Crippen molar-refractivity contribution in [2.45, 2.75) is 30.4 Å². The molecular formula is C34H31BrFN3O4S. The third kappa shape index (κ3) is 9.29. The van der Waals surface area contributed by atoms with Crippen molar-refractivity contribution in [2.75, 3.05) is 17.2 Å². The number of thioether (sulfide) groups is 1. The van der Waals surface area contributed by atoms with E-state index in [9.17, 15) is 18.8 Å². The lowest BCUT2D eigenvalue weighted by Gasteiger charge is -2.16. The fourth-order valence-corrected chi connectivity index (χ4v) is 5.42. The molecule has 0 fully saturated rings. The van der Waals surface area contributed by atoms with Crippen LogP contribution >= 0.6 is 27.7 Å². The van der Waals surface area contributed by atoms with Crippen LogP contribution in [0.25, 0.3) is 6.08 Å². The molecule has 0 bridgehead atoms. The van der Waals surface area contributed by atoms with E-state index in [-0.39, 0.29) is 17.3 Å². The lowest BCUT2D eigenvalue weighted by Crippen LogP contribution is -2.30. The van der Waals surface area contributed by atoms with Gasteiger partial charge in [-0.1, -0.05) is 59.3 Å².